The Morgan fingerprint density at radius 1 is 1.56 bits per heavy atom. The molecule has 2 rings (SSSR count). The van der Waals surface area contributed by atoms with Crippen LogP contribution in [0.5, 0.6) is 0 Å². The van der Waals surface area contributed by atoms with Gasteiger partial charge in [0, 0.05) is 31.0 Å². The molecule has 16 heavy (non-hydrogen) atoms. The van der Waals surface area contributed by atoms with E-state index in [9.17, 15) is 0 Å². The van der Waals surface area contributed by atoms with Crippen molar-refractivity contribution in [2.45, 2.75) is 38.5 Å². The Morgan fingerprint density at radius 3 is 2.88 bits per heavy atom. The van der Waals surface area contributed by atoms with Crippen LogP contribution in [0.1, 0.15) is 31.4 Å². The van der Waals surface area contributed by atoms with Gasteiger partial charge in [0.2, 0.25) is 0 Å². The van der Waals surface area contributed by atoms with Crippen LogP contribution in [0.15, 0.2) is 12.4 Å². The van der Waals surface area contributed by atoms with Gasteiger partial charge in [0.1, 0.15) is 6.10 Å². The summed E-state index contributed by atoms with van der Waals surface area (Å²) in [6.45, 7) is 3.77. The van der Waals surface area contributed by atoms with Crippen LogP contribution in [0.2, 0.25) is 0 Å². The summed E-state index contributed by atoms with van der Waals surface area (Å²) in [5.74, 6) is 0. The zero-order valence-corrected chi connectivity index (χ0v) is 11.0. The van der Waals surface area contributed by atoms with Gasteiger partial charge in [-0.3, -0.25) is 4.68 Å². The molecule has 0 radical (unpaired) electrons. The van der Waals surface area contributed by atoms with Gasteiger partial charge in [-0.25, -0.2) is 0 Å². The van der Waals surface area contributed by atoms with Crippen molar-refractivity contribution in [2.75, 3.05) is 6.61 Å². The molecule has 1 aromatic heterocycles. The Morgan fingerprint density at radius 2 is 2.31 bits per heavy atom. The van der Waals surface area contributed by atoms with E-state index in [1.807, 2.05) is 17.1 Å². The molecule has 2 atom stereocenters. The van der Waals surface area contributed by atoms with Crippen LogP contribution in [0.3, 0.4) is 0 Å². The minimum absolute atomic E-state index is 0. The molecule has 0 bridgehead atoms. The third-order valence-electron chi connectivity index (χ3n) is 2.67. The quantitative estimate of drug-likeness (QED) is 0.891. The molecule has 0 saturated carbocycles. The van der Waals surface area contributed by atoms with Gasteiger partial charge in [-0.1, -0.05) is 0 Å². The van der Waals surface area contributed by atoms with Crippen LogP contribution in [0, 0.1) is 0 Å². The summed E-state index contributed by atoms with van der Waals surface area (Å²) in [7, 11) is 0. The summed E-state index contributed by atoms with van der Waals surface area (Å²) in [6.07, 6.45) is 6.04. The molecule has 0 unspecified atom stereocenters. The number of aromatic nitrogens is 2. The van der Waals surface area contributed by atoms with E-state index >= 15 is 0 Å². The Balaban J connectivity index is 0.00000112. The number of halogens is 2. The molecule has 1 aromatic rings. The lowest BCUT2D eigenvalue weighted by molar-refractivity contribution is 0.0000955. The first-order chi connectivity index (χ1) is 6.81. The summed E-state index contributed by atoms with van der Waals surface area (Å²) in [5, 5.41) is 4.23. The van der Waals surface area contributed by atoms with Crippen molar-refractivity contribution in [1.82, 2.24) is 9.78 Å². The summed E-state index contributed by atoms with van der Waals surface area (Å²) in [4.78, 5) is 0. The maximum atomic E-state index is 6.00. The molecule has 4 nitrogen and oxygen atoms in total. The van der Waals surface area contributed by atoms with Crippen LogP contribution in [-0.4, -0.2) is 22.4 Å². The predicted molar refractivity (Wildman–Crippen MR) is 68.3 cm³/mol. The van der Waals surface area contributed by atoms with E-state index < -0.39 is 0 Å². The van der Waals surface area contributed by atoms with Gasteiger partial charge in [-0.15, -0.1) is 24.8 Å². The highest BCUT2D eigenvalue weighted by Crippen LogP contribution is 2.26. The van der Waals surface area contributed by atoms with E-state index in [4.69, 9.17) is 10.5 Å². The smallest absolute Gasteiger partial charge is 0.101 e. The van der Waals surface area contributed by atoms with Gasteiger partial charge in [-0.2, -0.15) is 5.10 Å². The van der Waals surface area contributed by atoms with E-state index in [2.05, 4.69) is 12.0 Å². The van der Waals surface area contributed by atoms with Gasteiger partial charge in [0.25, 0.3) is 0 Å². The summed E-state index contributed by atoms with van der Waals surface area (Å²) >= 11 is 0. The first kappa shape index (κ1) is 15.7. The van der Waals surface area contributed by atoms with E-state index in [-0.39, 0.29) is 37.0 Å². The highest BCUT2D eigenvalue weighted by molar-refractivity contribution is 5.85. The molecule has 2 N–H and O–H groups in total. The fraction of sp³-hybridized carbons (Fsp3) is 0.700. The number of nitrogens with two attached hydrogens (primary N) is 1. The van der Waals surface area contributed by atoms with Crippen molar-refractivity contribution in [3.8, 4) is 0 Å². The lowest BCUT2D eigenvalue weighted by Gasteiger charge is -2.27. The van der Waals surface area contributed by atoms with Gasteiger partial charge < -0.3 is 10.5 Å². The molecule has 94 valence electrons. The van der Waals surface area contributed by atoms with E-state index in [1.165, 1.54) is 0 Å². The summed E-state index contributed by atoms with van der Waals surface area (Å²) in [6, 6.07) is 0.123. The van der Waals surface area contributed by atoms with Gasteiger partial charge in [0.05, 0.1) is 6.20 Å². The van der Waals surface area contributed by atoms with E-state index in [0.29, 0.717) is 0 Å². The second-order valence-electron chi connectivity index (χ2n) is 3.73. The largest absolute Gasteiger partial charge is 0.372 e. The molecule has 0 amide bonds. The third-order valence-corrected chi connectivity index (χ3v) is 2.67. The Bertz CT molecular complexity index is 306. The topological polar surface area (TPSA) is 53.1 Å². The average Bonchev–Trinajstić information content (AvgIpc) is 2.67. The first-order valence-electron chi connectivity index (χ1n) is 5.21. The number of rotatable bonds is 2. The maximum Gasteiger partial charge on any atom is 0.101 e. The van der Waals surface area contributed by atoms with E-state index in [1.54, 1.807) is 0 Å². The normalized spacial score (nSPS) is 24.4. The lowest BCUT2D eigenvalue weighted by atomic mass is 9.99. The molecule has 1 aliphatic heterocycles. The Labute approximate surface area is 108 Å². The van der Waals surface area contributed by atoms with Crippen LogP contribution >= 0.6 is 24.8 Å². The Hall–Kier alpha value is -0.290. The highest BCUT2D eigenvalue weighted by atomic mass is 35.5. The number of ether oxygens (including phenoxy) is 1. The molecule has 1 aliphatic rings. The lowest BCUT2D eigenvalue weighted by Crippen LogP contribution is -2.34. The molecule has 0 aliphatic carbocycles. The fourth-order valence-electron chi connectivity index (χ4n) is 1.85. The third kappa shape index (κ3) is 3.35. The number of aryl methyl sites for hydroxylation is 1. The zero-order chi connectivity index (χ0) is 9.97. The SMILES string of the molecule is CCn1cc([C@@H]2OCCC[C@H]2N)cn1.Cl.Cl. The van der Waals surface area contributed by atoms with Crippen LogP contribution in [0.4, 0.5) is 0 Å². The predicted octanol–water partition coefficient (Wildman–Crippen LogP) is 1.93. The van der Waals surface area contributed by atoms with Crippen molar-refractivity contribution < 1.29 is 4.74 Å². The van der Waals surface area contributed by atoms with Crippen LogP contribution in [0.25, 0.3) is 0 Å². The molecule has 6 heteroatoms. The number of nitrogens with zero attached hydrogens (tertiary/aromatic N) is 2. The van der Waals surface area contributed by atoms with Crippen LogP contribution < -0.4 is 5.73 Å². The molecule has 2 heterocycles. The zero-order valence-electron chi connectivity index (χ0n) is 9.33. The fourth-order valence-corrected chi connectivity index (χ4v) is 1.85. The average molecular weight is 268 g/mol. The van der Waals surface area contributed by atoms with Gasteiger partial charge >= 0.3 is 0 Å². The molecule has 0 aromatic carbocycles. The minimum Gasteiger partial charge on any atom is -0.372 e. The summed E-state index contributed by atoms with van der Waals surface area (Å²) in [5.41, 5.74) is 7.11. The molecular formula is C10H19Cl2N3O. The summed E-state index contributed by atoms with van der Waals surface area (Å²) < 4.78 is 7.56. The van der Waals surface area contributed by atoms with Crippen molar-refractivity contribution >= 4 is 24.8 Å². The molecule has 1 saturated heterocycles. The second kappa shape index (κ2) is 7.12. The van der Waals surface area contributed by atoms with Crippen molar-refractivity contribution in [2.24, 2.45) is 5.73 Å². The maximum absolute atomic E-state index is 6.00. The second-order valence-corrected chi connectivity index (χ2v) is 3.73. The molecular weight excluding hydrogens is 249 g/mol. The van der Waals surface area contributed by atoms with Crippen molar-refractivity contribution in [1.29, 1.82) is 0 Å². The van der Waals surface area contributed by atoms with Crippen molar-refractivity contribution in [3.05, 3.63) is 18.0 Å². The van der Waals surface area contributed by atoms with Gasteiger partial charge in [0.15, 0.2) is 0 Å². The number of hydrogen-bond acceptors (Lipinski definition) is 3. The monoisotopic (exact) mass is 267 g/mol. The Kier molecular flexibility index (Phi) is 6.99. The van der Waals surface area contributed by atoms with Crippen LogP contribution in [-0.2, 0) is 11.3 Å². The highest BCUT2D eigenvalue weighted by Gasteiger charge is 2.25. The number of hydrogen-bond donors (Lipinski definition) is 1. The molecule has 0 spiro atoms. The van der Waals surface area contributed by atoms with Crippen molar-refractivity contribution in [3.63, 3.8) is 0 Å². The van der Waals surface area contributed by atoms with Gasteiger partial charge in [-0.05, 0) is 19.8 Å². The first-order valence-corrected chi connectivity index (χ1v) is 5.21. The standard InChI is InChI=1S/C10H17N3O.2ClH/c1-2-13-7-8(6-12-13)10-9(11)4-3-5-14-10;;/h6-7,9-10H,2-5,11H2,1H3;2*1H/t9-,10+;;/m1../s1. The minimum atomic E-state index is 0. The van der Waals surface area contributed by atoms with E-state index in [0.717, 1.165) is 31.6 Å². The molecule has 1 fully saturated rings.